The molecule has 14 heteroatoms. The molecule has 1 unspecified atom stereocenters. The lowest BCUT2D eigenvalue weighted by atomic mass is 10.4. The maximum Gasteiger partial charge on any atom is 0.613 e. The number of halogens is 2. The molecule has 1 aromatic heterocycles. The maximum atomic E-state index is 12.0. The number of aromatic nitrogens is 2. The molecule has 0 radical (unpaired) electrons. The number of nitrogens with one attached hydrogen (secondary N) is 2. The van der Waals surface area contributed by atoms with Gasteiger partial charge in [0.1, 0.15) is 25.0 Å². The first-order chi connectivity index (χ1) is 13.5. The third-order valence-corrected chi connectivity index (χ3v) is 5.11. The average Bonchev–Trinajstić information content (AvgIpc) is 2.61. The predicted molar refractivity (Wildman–Crippen MR) is 108 cm³/mol. The Morgan fingerprint density at radius 1 is 1.41 bits per heavy atom. The van der Waals surface area contributed by atoms with Gasteiger partial charge in [0.25, 0.3) is 5.56 Å². The van der Waals surface area contributed by atoms with Crippen molar-refractivity contribution in [2.24, 2.45) is 0 Å². The molecule has 29 heavy (non-hydrogen) atoms. The molecule has 0 amide bonds. The second-order valence-electron chi connectivity index (χ2n) is 6.06. The number of aromatic amines is 1. The van der Waals surface area contributed by atoms with Crippen LogP contribution in [0.15, 0.2) is 21.9 Å². The topological polar surface area (TPSA) is 149 Å². The number of nitrogens with zero attached hydrogens (tertiary/aromatic N) is 1. The molecule has 1 heterocycles. The molecule has 0 spiro atoms. The van der Waals surface area contributed by atoms with Crippen LogP contribution in [0.1, 0.15) is 27.0 Å². The van der Waals surface area contributed by atoms with Crippen molar-refractivity contribution in [3.05, 3.63) is 33.1 Å². The number of hydrogen-bond acceptors (Lipinski definition) is 8. The predicted octanol–water partition coefficient (Wildman–Crippen LogP) is 0.976. The number of carbonyl (C=O) groups excluding carboxylic acids is 1. The van der Waals surface area contributed by atoms with Gasteiger partial charge >= 0.3 is 19.8 Å². The van der Waals surface area contributed by atoms with E-state index in [2.05, 4.69) is 26.0 Å². The number of esters is 1. The Kier molecular flexibility index (Phi) is 11.2. The van der Waals surface area contributed by atoms with E-state index in [0.717, 1.165) is 10.6 Å². The Hall–Kier alpha value is -1.14. The normalized spacial score (nSPS) is 16.2. The van der Waals surface area contributed by atoms with E-state index < -0.39 is 55.9 Å². The summed E-state index contributed by atoms with van der Waals surface area (Å²) in [6.07, 6.45) is -1.24. The summed E-state index contributed by atoms with van der Waals surface area (Å²) in [5.41, 5.74) is -2.86. The summed E-state index contributed by atoms with van der Waals surface area (Å²) in [7, 11) is -2.51. The van der Waals surface area contributed by atoms with Crippen molar-refractivity contribution in [1.29, 1.82) is 0 Å². The third kappa shape index (κ3) is 9.04. The molecule has 1 aromatic rings. The Morgan fingerprint density at radius 2 is 2.07 bits per heavy atom. The number of aliphatic hydroxyl groups excluding tert-OH is 1. The number of hydrogen-bond donors (Lipinski definition) is 3. The van der Waals surface area contributed by atoms with Gasteiger partial charge in [-0.1, -0.05) is 32.6 Å². The summed E-state index contributed by atoms with van der Waals surface area (Å²) in [5, 5.41) is 12.2. The number of aliphatic hydroxyl groups is 1. The standard InChI is InChI=1S/C15H22BrClN3O8P/c1-8(2)27-14(23)9(3)19-29(25)26-7-10(13(17)22)28-12(6-16)20-5-4-11(21)18-15(20)24/h4-5,8-10,12-13,22H,6-7H2,1-3H3,(H-,18,19,21,24,25)/p+1/t9-,10-,12-,13-/m1/s1. The number of carbonyl (C=O) groups is 1. The third-order valence-electron chi connectivity index (χ3n) is 3.29. The van der Waals surface area contributed by atoms with Crippen molar-refractivity contribution in [1.82, 2.24) is 14.6 Å². The molecule has 0 bridgehead atoms. The van der Waals surface area contributed by atoms with Crippen LogP contribution >= 0.6 is 35.7 Å². The lowest BCUT2D eigenvalue weighted by molar-refractivity contribution is -0.149. The van der Waals surface area contributed by atoms with Crippen molar-refractivity contribution in [3.63, 3.8) is 0 Å². The molecule has 0 aliphatic heterocycles. The van der Waals surface area contributed by atoms with Gasteiger partial charge in [-0.15, -0.1) is 4.52 Å². The van der Waals surface area contributed by atoms with E-state index in [1.165, 1.54) is 13.1 Å². The van der Waals surface area contributed by atoms with Crippen molar-refractivity contribution in [2.45, 2.75) is 50.8 Å². The Morgan fingerprint density at radius 3 is 2.59 bits per heavy atom. The summed E-state index contributed by atoms with van der Waals surface area (Å²) in [5.74, 6) is -0.603. The van der Waals surface area contributed by atoms with Crippen LogP contribution in [-0.4, -0.2) is 56.4 Å². The summed E-state index contributed by atoms with van der Waals surface area (Å²) < 4.78 is 28.7. The fourth-order valence-corrected chi connectivity index (χ4v) is 3.31. The summed E-state index contributed by atoms with van der Waals surface area (Å²) in [4.78, 5) is 36.9. The van der Waals surface area contributed by atoms with Crippen LogP contribution in [0.4, 0.5) is 0 Å². The van der Waals surface area contributed by atoms with Gasteiger partial charge in [0.2, 0.25) is 0 Å². The second kappa shape index (κ2) is 12.5. The van der Waals surface area contributed by atoms with Crippen LogP contribution in [-0.2, 0) is 23.4 Å². The van der Waals surface area contributed by atoms with Crippen molar-refractivity contribution in [2.75, 3.05) is 11.9 Å². The van der Waals surface area contributed by atoms with E-state index in [4.69, 9.17) is 25.6 Å². The molecular weight excluding hydrogens is 497 g/mol. The van der Waals surface area contributed by atoms with Gasteiger partial charge in [-0.2, -0.15) is 0 Å². The highest BCUT2D eigenvalue weighted by Gasteiger charge is 2.32. The first-order valence-electron chi connectivity index (χ1n) is 8.47. The monoisotopic (exact) mass is 518 g/mol. The minimum Gasteiger partial charge on any atom is -0.462 e. The SMILES string of the molecule is CC(C)OC(=O)[C@@H](C)N[P+](=O)OC[C@@H](O[C@H](CBr)n1ccc(=O)[nH]c1=O)[C@@H](O)Cl. The minimum atomic E-state index is -2.51. The molecule has 0 aliphatic carbocycles. The Bertz CT molecular complexity index is 802. The Balaban J connectivity index is 2.70. The van der Waals surface area contributed by atoms with E-state index >= 15 is 0 Å². The van der Waals surface area contributed by atoms with Crippen LogP contribution in [0.2, 0.25) is 0 Å². The zero-order valence-corrected chi connectivity index (χ0v) is 19.1. The molecule has 11 nitrogen and oxygen atoms in total. The van der Waals surface area contributed by atoms with Crippen LogP contribution in [0.3, 0.4) is 0 Å². The molecule has 1 rings (SSSR count). The van der Waals surface area contributed by atoms with Crippen molar-refractivity contribution >= 4 is 41.7 Å². The number of rotatable bonds is 12. The first-order valence-corrected chi connectivity index (χ1v) is 11.2. The molecule has 0 saturated heterocycles. The fourth-order valence-electron chi connectivity index (χ4n) is 1.94. The van der Waals surface area contributed by atoms with E-state index in [1.807, 2.05) is 0 Å². The van der Waals surface area contributed by atoms with Crippen LogP contribution in [0, 0.1) is 0 Å². The summed E-state index contributed by atoms with van der Waals surface area (Å²) in [6, 6.07) is 0.234. The highest BCUT2D eigenvalue weighted by molar-refractivity contribution is 9.09. The molecule has 5 atom stereocenters. The van der Waals surface area contributed by atoms with Crippen LogP contribution in [0.5, 0.6) is 0 Å². The molecule has 0 aliphatic rings. The smallest absolute Gasteiger partial charge is 0.462 e. The van der Waals surface area contributed by atoms with E-state index in [9.17, 15) is 24.1 Å². The largest absolute Gasteiger partial charge is 0.613 e. The molecular formula is C15H23BrClN3O8P+. The lowest BCUT2D eigenvalue weighted by Crippen LogP contribution is -2.38. The average molecular weight is 520 g/mol. The first kappa shape index (κ1) is 25.9. The van der Waals surface area contributed by atoms with Gasteiger partial charge < -0.3 is 14.6 Å². The fraction of sp³-hybridized carbons (Fsp3) is 0.667. The van der Waals surface area contributed by atoms with E-state index in [0.29, 0.717) is 0 Å². The van der Waals surface area contributed by atoms with E-state index in [1.54, 1.807) is 13.8 Å². The highest BCUT2D eigenvalue weighted by Crippen LogP contribution is 2.22. The highest BCUT2D eigenvalue weighted by atomic mass is 79.9. The van der Waals surface area contributed by atoms with Gasteiger partial charge in [-0.05, 0) is 25.3 Å². The zero-order valence-electron chi connectivity index (χ0n) is 15.9. The van der Waals surface area contributed by atoms with E-state index in [-0.39, 0.29) is 11.4 Å². The molecule has 3 N–H and O–H groups in total. The quantitative estimate of drug-likeness (QED) is 0.209. The van der Waals surface area contributed by atoms with Gasteiger partial charge in [0.15, 0.2) is 5.56 Å². The zero-order chi connectivity index (χ0) is 22.1. The molecule has 0 fully saturated rings. The maximum absolute atomic E-state index is 12.0. The summed E-state index contributed by atoms with van der Waals surface area (Å²) >= 11 is 8.86. The lowest BCUT2D eigenvalue weighted by Gasteiger charge is -2.24. The van der Waals surface area contributed by atoms with Gasteiger partial charge in [0, 0.05) is 17.6 Å². The number of alkyl halides is 2. The minimum absolute atomic E-state index is 0.113. The summed E-state index contributed by atoms with van der Waals surface area (Å²) in [6.45, 7) is 4.40. The van der Waals surface area contributed by atoms with Gasteiger partial charge in [-0.3, -0.25) is 19.1 Å². The molecule has 0 saturated carbocycles. The second-order valence-corrected chi connectivity index (χ2v) is 8.19. The van der Waals surface area contributed by atoms with Crippen LogP contribution < -0.4 is 16.3 Å². The van der Waals surface area contributed by atoms with Gasteiger partial charge in [0.05, 0.1) is 6.10 Å². The van der Waals surface area contributed by atoms with Crippen LogP contribution in [0.25, 0.3) is 0 Å². The number of H-pyrrole nitrogens is 1. The molecule has 164 valence electrons. The molecule has 0 aromatic carbocycles. The number of ether oxygens (including phenoxy) is 2. The van der Waals surface area contributed by atoms with Crippen molar-refractivity contribution in [3.8, 4) is 0 Å². The van der Waals surface area contributed by atoms with Gasteiger partial charge in [-0.25, -0.2) is 4.79 Å². The Labute approximate surface area is 180 Å². The van der Waals surface area contributed by atoms with Crippen molar-refractivity contribution < 1.29 is 28.5 Å².